The van der Waals surface area contributed by atoms with E-state index in [4.69, 9.17) is 4.84 Å². The molecule has 0 unspecified atom stereocenters. The van der Waals surface area contributed by atoms with Gasteiger partial charge in [-0.25, -0.2) is 9.99 Å². The van der Waals surface area contributed by atoms with E-state index >= 15 is 0 Å². The maximum atomic E-state index is 11.2. The molecule has 2 aromatic carbocycles. The van der Waals surface area contributed by atoms with Crippen LogP contribution < -0.4 is 15.9 Å². The Labute approximate surface area is 173 Å². The number of amides is 1. The van der Waals surface area contributed by atoms with Crippen LogP contribution in [0.3, 0.4) is 0 Å². The zero-order chi connectivity index (χ0) is 20.1. The highest BCUT2D eigenvalue weighted by molar-refractivity contribution is 7.98. The molecular weight excluding hydrogens is 384 g/mol. The Morgan fingerprint density at radius 2 is 1.86 bits per heavy atom. The summed E-state index contributed by atoms with van der Waals surface area (Å²) >= 11 is 1.80. The molecule has 1 aromatic heterocycles. The Morgan fingerprint density at radius 3 is 2.62 bits per heavy atom. The van der Waals surface area contributed by atoms with Crippen molar-refractivity contribution >= 4 is 34.9 Å². The van der Waals surface area contributed by atoms with Gasteiger partial charge in [0.1, 0.15) is 11.5 Å². The monoisotopic (exact) mass is 404 g/mol. The van der Waals surface area contributed by atoms with Gasteiger partial charge in [-0.3, -0.25) is 4.79 Å². The van der Waals surface area contributed by atoms with E-state index in [9.17, 15) is 4.79 Å². The summed E-state index contributed by atoms with van der Waals surface area (Å²) in [7, 11) is 0. The fourth-order valence-electron chi connectivity index (χ4n) is 2.78. The van der Waals surface area contributed by atoms with E-state index in [2.05, 4.69) is 52.3 Å². The molecule has 7 heteroatoms. The van der Waals surface area contributed by atoms with E-state index in [0.29, 0.717) is 17.3 Å². The smallest absolute Gasteiger partial charge is 0.222 e. The summed E-state index contributed by atoms with van der Waals surface area (Å²) < 4.78 is 0. The predicted molar refractivity (Wildman–Crippen MR) is 116 cm³/mol. The molecule has 146 valence electrons. The number of benzene rings is 2. The van der Waals surface area contributed by atoms with Gasteiger partial charge in [0, 0.05) is 17.6 Å². The van der Waals surface area contributed by atoms with Gasteiger partial charge in [-0.15, -0.1) is 11.8 Å². The topological polar surface area (TPSA) is 66.5 Å². The van der Waals surface area contributed by atoms with Crippen LogP contribution in [0.15, 0.2) is 83.9 Å². The molecule has 29 heavy (non-hydrogen) atoms. The summed E-state index contributed by atoms with van der Waals surface area (Å²) in [4.78, 5) is 22.4. The van der Waals surface area contributed by atoms with E-state index in [1.165, 1.54) is 17.4 Å². The largest absolute Gasteiger partial charge is 0.385 e. The van der Waals surface area contributed by atoms with Gasteiger partial charge < -0.3 is 10.2 Å². The first-order valence-electron chi connectivity index (χ1n) is 9.13. The van der Waals surface area contributed by atoms with Crippen LogP contribution in [0.5, 0.6) is 0 Å². The van der Waals surface area contributed by atoms with Crippen LogP contribution in [0.1, 0.15) is 18.2 Å². The number of hydrazine groups is 1. The quantitative estimate of drug-likeness (QED) is 0.586. The number of thioether (sulfide) groups is 1. The molecule has 6 nitrogen and oxygen atoms in total. The van der Waals surface area contributed by atoms with Crippen molar-refractivity contribution in [2.75, 3.05) is 10.3 Å². The Morgan fingerprint density at radius 1 is 1.07 bits per heavy atom. The van der Waals surface area contributed by atoms with Gasteiger partial charge in [-0.1, -0.05) is 42.0 Å². The lowest BCUT2D eigenvalue weighted by molar-refractivity contribution is -0.114. The number of aromatic nitrogens is 1. The number of carbonyl (C=O) groups is 1. The summed E-state index contributed by atoms with van der Waals surface area (Å²) in [5.74, 6) is 1.82. The molecule has 3 aromatic rings. The summed E-state index contributed by atoms with van der Waals surface area (Å²) in [6.07, 6.45) is 1.83. The van der Waals surface area contributed by atoms with E-state index in [-0.39, 0.29) is 5.91 Å². The van der Waals surface area contributed by atoms with Gasteiger partial charge in [-0.2, -0.15) is 0 Å². The van der Waals surface area contributed by atoms with E-state index in [0.717, 1.165) is 11.4 Å². The molecule has 0 spiro atoms. The van der Waals surface area contributed by atoms with Crippen molar-refractivity contribution < 1.29 is 9.63 Å². The summed E-state index contributed by atoms with van der Waals surface area (Å²) in [6.45, 7) is 1.45. The second kappa shape index (κ2) is 8.81. The minimum Gasteiger partial charge on any atom is -0.385 e. The van der Waals surface area contributed by atoms with Gasteiger partial charge in [0.2, 0.25) is 5.91 Å². The first kappa shape index (κ1) is 19.0. The van der Waals surface area contributed by atoms with Crippen molar-refractivity contribution in [2.45, 2.75) is 17.6 Å². The molecule has 1 aliphatic heterocycles. The molecule has 0 fully saturated rings. The number of pyridine rings is 1. The average Bonchev–Trinajstić information content (AvgIpc) is 3.23. The van der Waals surface area contributed by atoms with Crippen molar-refractivity contribution in [3.05, 3.63) is 90.3 Å². The van der Waals surface area contributed by atoms with Crippen LogP contribution in [0.4, 0.5) is 11.5 Å². The molecule has 2 heterocycles. The number of anilines is 2. The molecule has 1 aliphatic rings. The third-order valence-electron chi connectivity index (χ3n) is 4.17. The molecule has 0 atom stereocenters. The highest BCUT2D eigenvalue weighted by Gasteiger charge is 2.18. The maximum absolute atomic E-state index is 11.2. The minimum absolute atomic E-state index is 0.166. The first-order valence-corrected chi connectivity index (χ1v) is 10.1. The number of nitrogens with zero attached hydrogens (tertiary/aromatic N) is 2. The van der Waals surface area contributed by atoms with Gasteiger partial charge >= 0.3 is 0 Å². The Balaban J connectivity index is 1.42. The van der Waals surface area contributed by atoms with Crippen LogP contribution in [0.25, 0.3) is 5.76 Å². The first-order chi connectivity index (χ1) is 14.2. The zero-order valence-electron chi connectivity index (χ0n) is 15.8. The number of hydrogen-bond donors (Lipinski definition) is 2. The van der Waals surface area contributed by atoms with Crippen molar-refractivity contribution in [2.24, 2.45) is 0 Å². The highest BCUT2D eigenvalue weighted by Crippen LogP contribution is 2.28. The van der Waals surface area contributed by atoms with Crippen LogP contribution in [0.2, 0.25) is 0 Å². The fourth-order valence-corrected chi connectivity index (χ4v) is 3.63. The van der Waals surface area contributed by atoms with Gasteiger partial charge in [0.15, 0.2) is 5.76 Å². The number of carbonyl (C=O) groups excluding carboxylic acids is 1. The molecule has 2 N–H and O–H groups in total. The van der Waals surface area contributed by atoms with Crippen molar-refractivity contribution in [1.29, 1.82) is 0 Å². The second-order valence-electron chi connectivity index (χ2n) is 6.41. The van der Waals surface area contributed by atoms with E-state index in [1.807, 2.05) is 36.5 Å². The Bertz CT molecular complexity index is 1020. The molecule has 0 bridgehead atoms. The van der Waals surface area contributed by atoms with Crippen LogP contribution in [-0.4, -0.2) is 10.9 Å². The molecule has 0 radical (unpaired) electrons. The minimum atomic E-state index is -0.166. The lowest BCUT2D eigenvalue weighted by Gasteiger charge is -2.14. The standard InChI is InChI=1S/C22H20N4O2S/c1-16(27)23-22-9-5-8-20(24-22)21-14-26(25-28-21)18-10-12-19(13-11-18)29-15-17-6-3-2-4-7-17/h2-14,25H,15H2,1H3,(H,23,24,27). The lowest BCUT2D eigenvalue weighted by atomic mass is 10.2. The fraction of sp³-hybridized carbons (Fsp3) is 0.0909. The van der Waals surface area contributed by atoms with Crippen molar-refractivity contribution in [1.82, 2.24) is 10.6 Å². The van der Waals surface area contributed by atoms with Crippen LogP contribution in [0, 0.1) is 0 Å². The lowest BCUT2D eigenvalue weighted by Crippen LogP contribution is -2.26. The van der Waals surface area contributed by atoms with Gasteiger partial charge in [0.05, 0.1) is 11.9 Å². The Hall–Kier alpha value is -3.29. The zero-order valence-corrected chi connectivity index (χ0v) is 16.6. The summed E-state index contributed by atoms with van der Waals surface area (Å²) in [6, 6.07) is 24.0. The highest BCUT2D eigenvalue weighted by atomic mass is 32.2. The molecular formula is C22H20N4O2S. The van der Waals surface area contributed by atoms with Crippen molar-refractivity contribution in [3.8, 4) is 0 Å². The summed E-state index contributed by atoms with van der Waals surface area (Å²) in [5.41, 5.74) is 5.74. The third kappa shape index (κ3) is 4.96. The third-order valence-corrected chi connectivity index (χ3v) is 5.25. The van der Waals surface area contributed by atoms with Crippen LogP contribution in [-0.2, 0) is 15.4 Å². The van der Waals surface area contributed by atoms with Crippen LogP contribution >= 0.6 is 11.8 Å². The van der Waals surface area contributed by atoms with E-state index in [1.54, 1.807) is 22.8 Å². The second-order valence-corrected chi connectivity index (χ2v) is 7.46. The maximum Gasteiger partial charge on any atom is 0.222 e. The molecule has 0 saturated heterocycles. The van der Waals surface area contributed by atoms with Gasteiger partial charge in [0.25, 0.3) is 0 Å². The SMILES string of the molecule is CC(=O)Nc1cccc(C2=CN(c3ccc(SCc4ccccc4)cc3)NO2)n1. The Kier molecular flexibility index (Phi) is 5.79. The average molecular weight is 404 g/mol. The van der Waals surface area contributed by atoms with E-state index < -0.39 is 0 Å². The molecule has 4 rings (SSSR count). The predicted octanol–water partition coefficient (Wildman–Crippen LogP) is 4.59. The van der Waals surface area contributed by atoms with Crippen molar-refractivity contribution in [3.63, 3.8) is 0 Å². The summed E-state index contributed by atoms with van der Waals surface area (Å²) in [5, 5.41) is 4.46. The molecule has 0 saturated carbocycles. The van der Waals surface area contributed by atoms with Gasteiger partial charge in [-0.05, 0) is 42.0 Å². The molecule has 0 aliphatic carbocycles. The number of nitrogens with one attached hydrogen (secondary N) is 2. The number of hydrogen-bond acceptors (Lipinski definition) is 6. The molecule has 1 amide bonds. The normalized spacial score (nSPS) is 13.0. The number of rotatable bonds is 6.